The number of hydrogen-bond donors (Lipinski definition) is 2. The zero-order valence-electron chi connectivity index (χ0n) is 9.53. The van der Waals surface area contributed by atoms with Gasteiger partial charge < -0.3 is 9.73 Å². The van der Waals surface area contributed by atoms with Gasteiger partial charge in [0.1, 0.15) is 11.5 Å². The number of nitrogens with zero attached hydrogens (tertiary/aromatic N) is 1. The lowest BCUT2D eigenvalue weighted by molar-refractivity contribution is 0.490. The number of H-pyrrole nitrogens is 1. The van der Waals surface area contributed by atoms with E-state index in [2.05, 4.69) is 15.5 Å². The van der Waals surface area contributed by atoms with Crippen LogP contribution < -0.4 is 5.32 Å². The first-order valence-electron chi connectivity index (χ1n) is 5.54. The van der Waals surface area contributed by atoms with Gasteiger partial charge in [0, 0.05) is 11.1 Å². The lowest BCUT2D eigenvalue weighted by Crippen LogP contribution is -1.98. The highest BCUT2D eigenvalue weighted by molar-refractivity contribution is 5.90. The maximum absolute atomic E-state index is 5.51. The maximum atomic E-state index is 5.51. The Labute approximate surface area is 98.6 Å². The molecule has 3 rings (SSSR count). The minimum atomic E-state index is 0.679. The number of nitrogens with one attached hydrogen (secondary N) is 2. The Hall–Kier alpha value is -2.23. The number of fused-ring (bicyclic) bond motifs is 1. The van der Waals surface area contributed by atoms with Crippen LogP contribution in [0.25, 0.3) is 10.9 Å². The van der Waals surface area contributed by atoms with Crippen molar-refractivity contribution in [2.75, 3.05) is 5.32 Å². The quantitative estimate of drug-likeness (QED) is 0.723. The fraction of sp³-hybridized carbons (Fsp3) is 0.154. The fourth-order valence-corrected chi connectivity index (χ4v) is 1.88. The first-order valence-corrected chi connectivity index (χ1v) is 5.54. The highest BCUT2D eigenvalue weighted by Gasteiger charge is 2.03. The summed E-state index contributed by atoms with van der Waals surface area (Å²) in [7, 11) is 0. The van der Waals surface area contributed by atoms with E-state index in [1.54, 1.807) is 0 Å². The molecule has 0 saturated heterocycles. The number of benzene rings is 1. The van der Waals surface area contributed by atoms with Crippen molar-refractivity contribution in [3.8, 4) is 0 Å². The summed E-state index contributed by atoms with van der Waals surface area (Å²) in [5.41, 5.74) is 2.09. The molecule has 4 nitrogen and oxygen atoms in total. The normalized spacial score (nSPS) is 10.9. The van der Waals surface area contributed by atoms with Crippen molar-refractivity contribution in [3.05, 3.63) is 48.0 Å². The van der Waals surface area contributed by atoms with E-state index in [9.17, 15) is 0 Å². The van der Waals surface area contributed by atoms with Crippen molar-refractivity contribution < 1.29 is 4.42 Å². The minimum absolute atomic E-state index is 0.679. The van der Waals surface area contributed by atoms with Crippen molar-refractivity contribution in [3.63, 3.8) is 0 Å². The van der Waals surface area contributed by atoms with Crippen LogP contribution in [0.15, 0.2) is 40.9 Å². The molecule has 0 spiro atoms. The molecule has 0 atom stereocenters. The molecule has 0 unspecified atom stereocenters. The number of furan rings is 1. The highest BCUT2D eigenvalue weighted by Crippen LogP contribution is 2.21. The van der Waals surface area contributed by atoms with Crippen molar-refractivity contribution in [2.45, 2.75) is 13.5 Å². The fourth-order valence-electron chi connectivity index (χ4n) is 1.88. The Balaban J connectivity index is 1.83. The number of anilines is 1. The molecule has 1 aromatic carbocycles. The average Bonchev–Trinajstić information content (AvgIpc) is 2.94. The molecular formula is C13H13N3O. The van der Waals surface area contributed by atoms with Gasteiger partial charge in [-0.2, -0.15) is 5.10 Å². The largest absolute Gasteiger partial charge is 0.465 e. The predicted molar refractivity (Wildman–Crippen MR) is 66.9 cm³/mol. The molecule has 3 aromatic rings. The van der Waals surface area contributed by atoms with Crippen LogP contribution in [0, 0.1) is 6.92 Å². The second-order valence-corrected chi connectivity index (χ2v) is 4.00. The van der Waals surface area contributed by atoms with Gasteiger partial charge in [-0.3, -0.25) is 5.10 Å². The summed E-state index contributed by atoms with van der Waals surface area (Å²) in [6.45, 7) is 2.62. The smallest absolute Gasteiger partial charge is 0.123 e. The van der Waals surface area contributed by atoms with Crippen LogP contribution in [-0.4, -0.2) is 10.2 Å². The second-order valence-electron chi connectivity index (χ2n) is 4.00. The van der Waals surface area contributed by atoms with Crippen LogP contribution >= 0.6 is 0 Å². The number of hydrogen-bond acceptors (Lipinski definition) is 3. The molecule has 2 aromatic heterocycles. The summed E-state index contributed by atoms with van der Waals surface area (Å²) in [4.78, 5) is 0. The van der Waals surface area contributed by atoms with Gasteiger partial charge in [0.2, 0.25) is 0 Å². The third-order valence-electron chi connectivity index (χ3n) is 2.73. The molecule has 86 valence electrons. The predicted octanol–water partition coefficient (Wildman–Crippen LogP) is 3.08. The molecule has 4 heteroatoms. The first kappa shape index (κ1) is 9.96. The van der Waals surface area contributed by atoms with Crippen LogP contribution in [-0.2, 0) is 6.54 Å². The summed E-state index contributed by atoms with van der Waals surface area (Å²) in [6.07, 6.45) is 1.82. The summed E-state index contributed by atoms with van der Waals surface area (Å²) in [5, 5.41) is 11.4. The summed E-state index contributed by atoms with van der Waals surface area (Å²) in [5.74, 6) is 1.87. The minimum Gasteiger partial charge on any atom is -0.465 e. The van der Waals surface area contributed by atoms with E-state index >= 15 is 0 Å². The maximum Gasteiger partial charge on any atom is 0.123 e. The molecule has 0 aliphatic heterocycles. The third kappa shape index (κ3) is 1.89. The van der Waals surface area contributed by atoms with Gasteiger partial charge in [0.25, 0.3) is 0 Å². The number of rotatable bonds is 3. The van der Waals surface area contributed by atoms with Crippen molar-refractivity contribution in [1.82, 2.24) is 10.2 Å². The van der Waals surface area contributed by atoms with Crippen molar-refractivity contribution >= 4 is 16.6 Å². The summed E-state index contributed by atoms with van der Waals surface area (Å²) >= 11 is 0. The third-order valence-corrected chi connectivity index (χ3v) is 2.73. The van der Waals surface area contributed by atoms with Gasteiger partial charge in [-0.15, -0.1) is 0 Å². The monoisotopic (exact) mass is 227 g/mol. The second kappa shape index (κ2) is 3.97. The molecule has 0 bridgehead atoms. The van der Waals surface area contributed by atoms with Crippen molar-refractivity contribution in [1.29, 1.82) is 0 Å². The van der Waals surface area contributed by atoms with Crippen LogP contribution in [0.2, 0.25) is 0 Å². The first-order chi connectivity index (χ1) is 8.33. The number of aromatic nitrogens is 2. The van der Waals surface area contributed by atoms with E-state index in [0.717, 1.165) is 28.1 Å². The van der Waals surface area contributed by atoms with Gasteiger partial charge >= 0.3 is 0 Å². The molecule has 0 amide bonds. The molecule has 0 radical (unpaired) electrons. The lowest BCUT2D eigenvalue weighted by Gasteiger charge is -2.05. The van der Waals surface area contributed by atoms with Crippen LogP contribution in [0.1, 0.15) is 11.5 Å². The van der Waals surface area contributed by atoms with E-state index < -0.39 is 0 Å². The Bertz CT molecular complexity index is 639. The summed E-state index contributed by atoms with van der Waals surface area (Å²) in [6, 6.07) is 9.99. The van der Waals surface area contributed by atoms with E-state index in [0.29, 0.717) is 6.54 Å². The molecule has 0 aliphatic carbocycles. The zero-order valence-corrected chi connectivity index (χ0v) is 9.53. The molecular weight excluding hydrogens is 214 g/mol. The highest BCUT2D eigenvalue weighted by atomic mass is 16.3. The van der Waals surface area contributed by atoms with E-state index in [-0.39, 0.29) is 0 Å². The van der Waals surface area contributed by atoms with Crippen LogP contribution in [0.4, 0.5) is 5.69 Å². The SMILES string of the molecule is Cc1ccc(CNc2cccc3[nH]ncc23)o1. The van der Waals surface area contributed by atoms with Crippen molar-refractivity contribution in [2.24, 2.45) is 0 Å². The molecule has 2 heterocycles. The lowest BCUT2D eigenvalue weighted by atomic mass is 10.2. The molecule has 0 aliphatic rings. The Morgan fingerprint density at radius 3 is 3.06 bits per heavy atom. The molecule has 0 fully saturated rings. The molecule has 0 saturated carbocycles. The van der Waals surface area contributed by atoms with Gasteiger partial charge in [0.05, 0.1) is 18.3 Å². The van der Waals surface area contributed by atoms with Gasteiger partial charge in [-0.05, 0) is 31.2 Å². The topological polar surface area (TPSA) is 53.9 Å². The standard InChI is InChI=1S/C13H13N3O/c1-9-5-6-10(17-9)7-14-12-3-2-4-13-11(12)8-15-16-13/h2-6,8,14H,7H2,1H3,(H,15,16). The van der Waals surface area contributed by atoms with E-state index in [1.807, 2.05) is 43.5 Å². The number of aromatic amines is 1. The Kier molecular flexibility index (Phi) is 2.33. The van der Waals surface area contributed by atoms with Crippen LogP contribution in [0.3, 0.4) is 0 Å². The Morgan fingerprint density at radius 1 is 1.29 bits per heavy atom. The van der Waals surface area contributed by atoms with Crippen LogP contribution in [0.5, 0.6) is 0 Å². The van der Waals surface area contributed by atoms with E-state index in [1.165, 1.54) is 0 Å². The Morgan fingerprint density at radius 2 is 2.24 bits per heavy atom. The average molecular weight is 227 g/mol. The summed E-state index contributed by atoms with van der Waals surface area (Å²) < 4.78 is 5.51. The molecule has 2 N–H and O–H groups in total. The van der Waals surface area contributed by atoms with Gasteiger partial charge in [-0.25, -0.2) is 0 Å². The molecule has 17 heavy (non-hydrogen) atoms. The zero-order chi connectivity index (χ0) is 11.7. The van der Waals surface area contributed by atoms with Gasteiger partial charge in [-0.1, -0.05) is 6.07 Å². The van der Waals surface area contributed by atoms with Gasteiger partial charge in [0.15, 0.2) is 0 Å². The van der Waals surface area contributed by atoms with E-state index in [4.69, 9.17) is 4.42 Å². The number of aryl methyl sites for hydroxylation is 1.